The third-order valence-corrected chi connectivity index (χ3v) is 2.70. The largest absolute Gasteiger partial charge is 0.374 e. The Balaban J connectivity index is 1.96. The quantitative estimate of drug-likeness (QED) is 0.909. The zero-order valence-electron chi connectivity index (χ0n) is 10.8. The number of nitrogens with one attached hydrogen (secondary N) is 1. The van der Waals surface area contributed by atoms with Gasteiger partial charge in [0.2, 0.25) is 5.89 Å². The average Bonchev–Trinajstić information content (AvgIpc) is 2.74. The summed E-state index contributed by atoms with van der Waals surface area (Å²) in [6, 6.07) is 4.44. The summed E-state index contributed by atoms with van der Waals surface area (Å²) in [5.74, 6) is 1.16. The Bertz CT molecular complexity index is 557. The Morgan fingerprint density at radius 3 is 2.89 bits per heavy atom. The predicted molar refractivity (Wildman–Crippen MR) is 71.6 cm³/mol. The van der Waals surface area contributed by atoms with Crippen molar-refractivity contribution in [1.29, 1.82) is 0 Å². The normalized spacial score (nSPS) is 11.0. The summed E-state index contributed by atoms with van der Waals surface area (Å²) in [5, 5.41) is 7.12. The molecule has 6 heteroatoms. The molecule has 0 saturated carbocycles. The van der Waals surface area contributed by atoms with Crippen molar-refractivity contribution < 1.29 is 8.91 Å². The highest BCUT2D eigenvalue weighted by molar-refractivity contribution is 6.30. The van der Waals surface area contributed by atoms with E-state index in [2.05, 4.69) is 29.3 Å². The van der Waals surface area contributed by atoms with Crippen LogP contribution in [0.25, 0.3) is 0 Å². The fourth-order valence-corrected chi connectivity index (χ4v) is 1.77. The van der Waals surface area contributed by atoms with Crippen LogP contribution in [-0.2, 0) is 13.0 Å². The Kier molecular flexibility index (Phi) is 4.37. The van der Waals surface area contributed by atoms with Crippen LogP contribution >= 0.6 is 11.6 Å². The molecule has 0 aliphatic rings. The van der Waals surface area contributed by atoms with Crippen molar-refractivity contribution in [2.45, 2.75) is 26.8 Å². The lowest BCUT2D eigenvalue weighted by atomic mass is 10.1. The number of rotatable bonds is 5. The number of hydrogen-bond acceptors (Lipinski definition) is 4. The molecule has 0 aliphatic carbocycles. The van der Waals surface area contributed by atoms with Gasteiger partial charge in [-0.25, -0.2) is 4.39 Å². The summed E-state index contributed by atoms with van der Waals surface area (Å²) in [6.07, 6.45) is 0.763. The fourth-order valence-electron chi connectivity index (χ4n) is 1.61. The molecular formula is C13H15ClFN3O. The molecule has 0 amide bonds. The molecule has 0 aliphatic heterocycles. The van der Waals surface area contributed by atoms with Crippen molar-refractivity contribution in [3.05, 3.63) is 40.8 Å². The Hall–Kier alpha value is -1.62. The lowest BCUT2D eigenvalue weighted by Crippen LogP contribution is -2.02. The number of halogens is 2. The first-order chi connectivity index (χ1) is 9.04. The van der Waals surface area contributed by atoms with Gasteiger partial charge in [-0.3, -0.25) is 0 Å². The van der Waals surface area contributed by atoms with Crippen LogP contribution in [0, 0.1) is 11.7 Å². The van der Waals surface area contributed by atoms with Crippen molar-refractivity contribution in [3.8, 4) is 0 Å². The summed E-state index contributed by atoms with van der Waals surface area (Å²) in [4.78, 5) is 4.22. The number of nitrogens with zero attached hydrogens (tertiary/aromatic N) is 2. The summed E-state index contributed by atoms with van der Waals surface area (Å²) in [6.45, 7) is 4.44. The number of anilines is 1. The van der Waals surface area contributed by atoms with Gasteiger partial charge in [-0.15, -0.1) is 0 Å². The summed E-state index contributed by atoms with van der Waals surface area (Å²) in [5.41, 5.74) is 0.355. The Morgan fingerprint density at radius 2 is 2.21 bits per heavy atom. The second-order valence-electron chi connectivity index (χ2n) is 4.68. The summed E-state index contributed by atoms with van der Waals surface area (Å²) >= 11 is 5.68. The van der Waals surface area contributed by atoms with E-state index in [-0.39, 0.29) is 6.54 Å². The predicted octanol–water partition coefficient (Wildman–Crippen LogP) is 3.67. The van der Waals surface area contributed by atoms with Crippen LogP contribution in [0.4, 0.5) is 10.1 Å². The molecule has 2 rings (SSSR count). The van der Waals surface area contributed by atoms with Crippen molar-refractivity contribution >= 4 is 17.3 Å². The zero-order chi connectivity index (χ0) is 13.8. The molecule has 0 radical (unpaired) electrons. The first kappa shape index (κ1) is 13.8. The highest BCUT2D eigenvalue weighted by atomic mass is 35.5. The van der Waals surface area contributed by atoms with Gasteiger partial charge in [0.05, 0.1) is 12.2 Å². The minimum absolute atomic E-state index is 0.281. The maximum atomic E-state index is 13.5. The molecule has 4 nitrogen and oxygen atoms in total. The van der Waals surface area contributed by atoms with Crippen LogP contribution in [0.5, 0.6) is 0 Å². The molecule has 0 spiro atoms. The fraction of sp³-hybridized carbons (Fsp3) is 0.385. The molecule has 1 N–H and O–H groups in total. The van der Waals surface area contributed by atoms with Crippen LogP contribution in [0.2, 0.25) is 5.02 Å². The summed E-state index contributed by atoms with van der Waals surface area (Å²) in [7, 11) is 0. The van der Waals surface area contributed by atoms with Crippen LogP contribution in [0.15, 0.2) is 22.7 Å². The molecule has 19 heavy (non-hydrogen) atoms. The first-order valence-electron chi connectivity index (χ1n) is 6.05. The van der Waals surface area contributed by atoms with Gasteiger partial charge in [0.25, 0.3) is 0 Å². The van der Waals surface area contributed by atoms with Crippen LogP contribution in [-0.4, -0.2) is 10.1 Å². The van der Waals surface area contributed by atoms with Crippen molar-refractivity contribution in [1.82, 2.24) is 10.1 Å². The van der Waals surface area contributed by atoms with Crippen molar-refractivity contribution in [2.75, 3.05) is 5.32 Å². The van der Waals surface area contributed by atoms with Gasteiger partial charge in [-0.2, -0.15) is 4.98 Å². The van der Waals surface area contributed by atoms with E-state index in [1.165, 1.54) is 6.07 Å². The topological polar surface area (TPSA) is 51.0 Å². The average molecular weight is 284 g/mol. The monoisotopic (exact) mass is 283 g/mol. The molecule has 0 unspecified atom stereocenters. The zero-order valence-corrected chi connectivity index (χ0v) is 11.5. The lowest BCUT2D eigenvalue weighted by molar-refractivity contribution is 0.375. The SMILES string of the molecule is CC(C)Cc1noc(CNc2ccc(Cl)cc2F)n1. The molecule has 0 fully saturated rings. The van der Waals surface area contributed by atoms with E-state index in [0.29, 0.717) is 28.3 Å². The van der Waals surface area contributed by atoms with Crippen molar-refractivity contribution in [2.24, 2.45) is 5.92 Å². The van der Waals surface area contributed by atoms with E-state index >= 15 is 0 Å². The minimum Gasteiger partial charge on any atom is -0.374 e. The van der Waals surface area contributed by atoms with Gasteiger partial charge in [0, 0.05) is 11.4 Å². The minimum atomic E-state index is -0.408. The Labute approximate surface area is 116 Å². The maximum Gasteiger partial charge on any atom is 0.245 e. The van der Waals surface area contributed by atoms with E-state index in [1.807, 2.05) is 0 Å². The van der Waals surface area contributed by atoms with Gasteiger partial charge >= 0.3 is 0 Å². The van der Waals surface area contributed by atoms with Crippen LogP contribution < -0.4 is 5.32 Å². The molecule has 1 aromatic carbocycles. The third kappa shape index (κ3) is 3.92. The molecule has 2 aromatic rings. The molecule has 0 bridgehead atoms. The molecule has 1 heterocycles. The number of hydrogen-bond donors (Lipinski definition) is 1. The standard InChI is InChI=1S/C13H15ClFN3O/c1-8(2)5-12-17-13(19-18-12)7-16-11-4-3-9(14)6-10(11)15/h3-4,6,8,16H,5,7H2,1-2H3. The molecular weight excluding hydrogens is 269 g/mol. The molecule has 1 aromatic heterocycles. The van der Waals surface area contributed by atoms with E-state index in [0.717, 1.165) is 6.42 Å². The molecule has 0 atom stereocenters. The van der Waals surface area contributed by atoms with E-state index in [9.17, 15) is 4.39 Å². The van der Waals surface area contributed by atoms with Gasteiger partial charge in [0.15, 0.2) is 5.82 Å². The van der Waals surface area contributed by atoms with Gasteiger partial charge in [-0.05, 0) is 24.1 Å². The summed E-state index contributed by atoms with van der Waals surface area (Å²) < 4.78 is 18.6. The van der Waals surface area contributed by atoms with Gasteiger partial charge in [-0.1, -0.05) is 30.6 Å². The highest BCUT2D eigenvalue weighted by Gasteiger charge is 2.09. The van der Waals surface area contributed by atoms with E-state index < -0.39 is 5.82 Å². The van der Waals surface area contributed by atoms with E-state index in [4.69, 9.17) is 16.1 Å². The van der Waals surface area contributed by atoms with Gasteiger partial charge in [0.1, 0.15) is 5.82 Å². The second-order valence-corrected chi connectivity index (χ2v) is 5.12. The smallest absolute Gasteiger partial charge is 0.245 e. The van der Waals surface area contributed by atoms with E-state index in [1.54, 1.807) is 12.1 Å². The molecule has 102 valence electrons. The van der Waals surface area contributed by atoms with Crippen LogP contribution in [0.3, 0.4) is 0 Å². The van der Waals surface area contributed by atoms with Crippen LogP contribution in [0.1, 0.15) is 25.6 Å². The lowest BCUT2D eigenvalue weighted by Gasteiger charge is -2.04. The highest BCUT2D eigenvalue weighted by Crippen LogP contribution is 2.19. The van der Waals surface area contributed by atoms with Gasteiger partial charge < -0.3 is 9.84 Å². The first-order valence-corrected chi connectivity index (χ1v) is 6.43. The number of aromatic nitrogens is 2. The Morgan fingerprint density at radius 1 is 1.42 bits per heavy atom. The third-order valence-electron chi connectivity index (χ3n) is 2.46. The van der Waals surface area contributed by atoms with Crippen molar-refractivity contribution in [3.63, 3.8) is 0 Å². The molecule has 0 saturated heterocycles. The maximum absolute atomic E-state index is 13.5. The number of benzene rings is 1. The second kappa shape index (κ2) is 6.02.